The maximum atomic E-state index is 5.87. The zero-order chi connectivity index (χ0) is 15.5. The van der Waals surface area contributed by atoms with Gasteiger partial charge in [0.1, 0.15) is 5.75 Å². The monoisotopic (exact) mass is 291 g/mol. The maximum Gasteiger partial charge on any atom is 0.121 e. The van der Waals surface area contributed by atoms with Crippen molar-refractivity contribution < 1.29 is 4.74 Å². The number of benzene rings is 1. The van der Waals surface area contributed by atoms with Gasteiger partial charge in [-0.2, -0.15) is 0 Å². The number of ether oxygens (including phenoxy) is 1. The van der Waals surface area contributed by atoms with Gasteiger partial charge in [0, 0.05) is 17.8 Å². The van der Waals surface area contributed by atoms with Crippen molar-refractivity contribution >= 4 is 5.69 Å². The Morgan fingerprint density at radius 3 is 2.52 bits per heavy atom. The normalized spacial score (nSPS) is 13.7. The van der Waals surface area contributed by atoms with E-state index in [9.17, 15) is 0 Å². The van der Waals surface area contributed by atoms with Crippen molar-refractivity contribution in [2.45, 2.75) is 84.8 Å². The van der Waals surface area contributed by atoms with Crippen LogP contribution in [0.2, 0.25) is 0 Å². The third kappa shape index (κ3) is 7.99. The summed E-state index contributed by atoms with van der Waals surface area (Å²) in [5.74, 6) is 0.962. The Kier molecular flexibility index (Phi) is 8.96. The van der Waals surface area contributed by atoms with Crippen molar-refractivity contribution in [3.05, 3.63) is 24.3 Å². The standard InChI is InChI=1S/C19H33NO/c1-5-7-8-9-10-12-16(3)20-18-13-11-14-19(15-18)21-17(4)6-2/h11,13-17,20H,5-10,12H2,1-4H3. The van der Waals surface area contributed by atoms with E-state index in [4.69, 9.17) is 4.74 Å². The van der Waals surface area contributed by atoms with Gasteiger partial charge in [-0.3, -0.25) is 0 Å². The van der Waals surface area contributed by atoms with Crippen molar-refractivity contribution in [1.29, 1.82) is 0 Å². The van der Waals surface area contributed by atoms with E-state index in [1.807, 2.05) is 6.07 Å². The van der Waals surface area contributed by atoms with Crippen LogP contribution in [0.3, 0.4) is 0 Å². The minimum Gasteiger partial charge on any atom is -0.491 e. The highest BCUT2D eigenvalue weighted by Gasteiger charge is 2.05. The van der Waals surface area contributed by atoms with Crippen LogP contribution in [0.1, 0.15) is 72.6 Å². The highest BCUT2D eigenvalue weighted by atomic mass is 16.5. The molecule has 21 heavy (non-hydrogen) atoms. The first-order valence-corrected chi connectivity index (χ1v) is 8.69. The molecule has 2 heteroatoms. The lowest BCUT2D eigenvalue weighted by molar-refractivity contribution is 0.217. The average molecular weight is 291 g/mol. The predicted molar refractivity (Wildman–Crippen MR) is 93.3 cm³/mol. The summed E-state index contributed by atoms with van der Waals surface area (Å²) in [6.45, 7) is 8.78. The molecule has 0 fully saturated rings. The fourth-order valence-corrected chi connectivity index (χ4v) is 2.39. The fourth-order valence-electron chi connectivity index (χ4n) is 2.39. The lowest BCUT2D eigenvalue weighted by atomic mass is 10.1. The maximum absolute atomic E-state index is 5.87. The molecule has 2 unspecified atom stereocenters. The molecule has 0 heterocycles. The number of unbranched alkanes of at least 4 members (excludes halogenated alkanes) is 4. The van der Waals surface area contributed by atoms with E-state index >= 15 is 0 Å². The second-order valence-electron chi connectivity index (χ2n) is 6.11. The average Bonchev–Trinajstić information content (AvgIpc) is 2.47. The lowest BCUT2D eigenvalue weighted by Crippen LogP contribution is -2.15. The summed E-state index contributed by atoms with van der Waals surface area (Å²) in [4.78, 5) is 0. The molecular formula is C19H33NO. The van der Waals surface area contributed by atoms with Crippen LogP contribution < -0.4 is 10.1 Å². The summed E-state index contributed by atoms with van der Waals surface area (Å²) in [7, 11) is 0. The molecule has 2 nitrogen and oxygen atoms in total. The van der Waals surface area contributed by atoms with Crippen molar-refractivity contribution in [2.75, 3.05) is 5.32 Å². The van der Waals surface area contributed by atoms with Crippen LogP contribution in [0.15, 0.2) is 24.3 Å². The summed E-state index contributed by atoms with van der Waals surface area (Å²) >= 11 is 0. The first kappa shape index (κ1) is 17.9. The molecule has 120 valence electrons. The number of anilines is 1. The van der Waals surface area contributed by atoms with Crippen LogP contribution in [0.25, 0.3) is 0 Å². The van der Waals surface area contributed by atoms with Crippen molar-refractivity contribution in [1.82, 2.24) is 0 Å². The predicted octanol–water partition coefficient (Wildman–Crippen LogP) is 6.02. The van der Waals surface area contributed by atoms with Gasteiger partial charge >= 0.3 is 0 Å². The van der Waals surface area contributed by atoms with E-state index < -0.39 is 0 Å². The SMILES string of the molecule is CCCCCCCC(C)Nc1cccc(OC(C)CC)c1. The van der Waals surface area contributed by atoms with E-state index in [1.165, 1.54) is 38.5 Å². The second-order valence-corrected chi connectivity index (χ2v) is 6.11. The van der Waals surface area contributed by atoms with Crippen LogP contribution in [0.5, 0.6) is 5.75 Å². The van der Waals surface area contributed by atoms with Crippen LogP contribution in [-0.4, -0.2) is 12.1 Å². The molecule has 0 saturated heterocycles. The summed E-state index contributed by atoms with van der Waals surface area (Å²) in [5, 5.41) is 3.58. The zero-order valence-corrected chi connectivity index (χ0v) is 14.3. The van der Waals surface area contributed by atoms with Crippen LogP contribution in [-0.2, 0) is 0 Å². The van der Waals surface area contributed by atoms with Crippen LogP contribution in [0.4, 0.5) is 5.69 Å². The van der Waals surface area contributed by atoms with E-state index in [0.29, 0.717) is 6.04 Å². The van der Waals surface area contributed by atoms with Crippen molar-refractivity contribution in [3.63, 3.8) is 0 Å². The molecule has 1 aromatic carbocycles. The molecule has 0 bridgehead atoms. The number of nitrogens with one attached hydrogen (secondary N) is 1. The highest BCUT2D eigenvalue weighted by molar-refractivity contribution is 5.48. The molecule has 0 aliphatic heterocycles. The Hall–Kier alpha value is -1.18. The van der Waals surface area contributed by atoms with Gasteiger partial charge < -0.3 is 10.1 Å². The van der Waals surface area contributed by atoms with Gasteiger partial charge in [0.05, 0.1) is 6.10 Å². The first-order valence-electron chi connectivity index (χ1n) is 8.69. The third-order valence-corrected chi connectivity index (χ3v) is 3.90. The molecule has 0 saturated carbocycles. The van der Waals surface area contributed by atoms with Gasteiger partial charge in [0.2, 0.25) is 0 Å². The van der Waals surface area contributed by atoms with Crippen molar-refractivity contribution in [3.8, 4) is 5.75 Å². The number of hydrogen-bond donors (Lipinski definition) is 1. The Labute approximate surface area is 131 Å². The Balaban J connectivity index is 2.34. The van der Waals surface area contributed by atoms with Gasteiger partial charge in [-0.05, 0) is 38.8 Å². The van der Waals surface area contributed by atoms with Crippen LogP contribution >= 0.6 is 0 Å². The van der Waals surface area contributed by atoms with Gasteiger partial charge in [-0.1, -0.05) is 52.0 Å². The Morgan fingerprint density at radius 1 is 1.05 bits per heavy atom. The summed E-state index contributed by atoms with van der Waals surface area (Å²) < 4.78 is 5.87. The van der Waals surface area contributed by atoms with Crippen molar-refractivity contribution in [2.24, 2.45) is 0 Å². The van der Waals surface area contributed by atoms with E-state index in [0.717, 1.165) is 17.9 Å². The largest absolute Gasteiger partial charge is 0.491 e. The molecule has 1 N–H and O–H groups in total. The minimum absolute atomic E-state index is 0.274. The molecule has 0 aliphatic carbocycles. The molecule has 0 spiro atoms. The van der Waals surface area contributed by atoms with E-state index in [-0.39, 0.29) is 6.10 Å². The quantitative estimate of drug-likeness (QED) is 0.503. The lowest BCUT2D eigenvalue weighted by Gasteiger charge is -2.17. The fraction of sp³-hybridized carbons (Fsp3) is 0.684. The topological polar surface area (TPSA) is 21.3 Å². The molecule has 0 aromatic heterocycles. The molecule has 1 aromatic rings. The Morgan fingerprint density at radius 2 is 1.81 bits per heavy atom. The van der Waals surface area contributed by atoms with Gasteiger partial charge in [0.25, 0.3) is 0 Å². The van der Waals surface area contributed by atoms with Crippen LogP contribution in [0, 0.1) is 0 Å². The molecular weight excluding hydrogens is 258 g/mol. The molecule has 0 amide bonds. The third-order valence-electron chi connectivity index (χ3n) is 3.90. The summed E-state index contributed by atoms with van der Waals surface area (Å²) in [5.41, 5.74) is 1.16. The first-order chi connectivity index (χ1) is 10.2. The summed E-state index contributed by atoms with van der Waals surface area (Å²) in [6, 6.07) is 8.85. The number of rotatable bonds is 11. The molecule has 2 atom stereocenters. The van der Waals surface area contributed by atoms with E-state index in [2.05, 4.69) is 51.2 Å². The molecule has 0 radical (unpaired) electrons. The number of hydrogen-bond acceptors (Lipinski definition) is 2. The second kappa shape index (κ2) is 10.5. The molecule has 1 rings (SSSR count). The smallest absolute Gasteiger partial charge is 0.121 e. The minimum atomic E-state index is 0.274. The Bertz CT molecular complexity index is 378. The van der Waals surface area contributed by atoms with E-state index in [1.54, 1.807) is 0 Å². The zero-order valence-electron chi connectivity index (χ0n) is 14.3. The van der Waals surface area contributed by atoms with Gasteiger partial charge in [0.15, 0.2) is 0 Å². The highest BCUT2D eigenvalue weighted by Crippen LogP contribution is 2.20. The van der Waals surface area contributed by atoms with Gasteiger partial charge in [-0.15, -0.1) is 0 Å². The summed E-state index contributed by atoms with van der Waals surface area (Å²) in [6.07, 6.45) is 9.28. The molecule has 0 aliphatic rings. The van der Waals surface area contributed by atoms with Gasteiger partial charge in [-0.25, -0.2) is 0 Å².